The minimum atomic E-state index is -0.815. The lowest BCUT2D eigenvalue weighted by Gasteiger charge is -2.02. The lowest BCUT2D eigenvalue weighted by molar-refractivity contribution is 0.101. The highest BCUT2D eigenvalue weighted by Gasteiger charge is 2.12. The zero-order valence-corrected chi connectivity index (χ0v) is 11.8. The third-order valence-electron chi connectivity index (χ3n) is 2.98. The smallest absolute Gasteiger partial charge is 0.221 e. The zero-order chi connectivity index (χ0) is 15.2. The van der Waals surface area contributed by atoms with Gasteiger partial charge in [-0.25, -0.2) is 4.39 Å². The Balaban J connectivity index is 2.18. The summed E-state index contributed by atoms with van der Waals surface area (Å²) < 4.78 is 24.0. The van der Waals surface area contributed by atoms with Crippen LogP contribution in [0.15, 0.2) is 54.4 Å². The number of allylic oxidation sites excluding steroid dienone is 1. The van der Waals surface area contributed by atoms with Crippen molar-refractivity contribution in [2.24, 2.45) is 0 Å². The van der Waals surface area contributed by atoms with E-state index in [-0.39, 0.29) is 5.56 Å². The third-order valence-corrected chi connectivity index (χ3v) is 2.98. The molecule has 0 unspecified atom stereocenters. The molecule has 3 nitrogen and oxygen atoms in total. The van der Waals surface area contributed by atoms with Gasteiger partial charge in [0.15, 0.2) is 5.83 Å². The van der Waals surface area contributed by atoms with E-state index in [1.165, 1.54) is 25.3 Å². The number of benzene rings is 2. The second-order valence-electron chi connectivity index (χ2n) is 4.32. The van der Waals surface area contributed by atoms with Crippen LogP contribution >= 0.6 is 0 Å². The molecule has 0 aromatic heterocycles. The van der Waals surface area contributed by atoms with Gasteiger partial charge in [-0.3, -0.25) is 4.79 Å². The Kier molecular flexibility index (Phi) is 4.72. The summed E-state index contributed by atoms with van der Waals surface area (Å²) in [5.74, 6) is -0.182. The molecule has 0 spiro atoms. The van der Waals surface area contributed by atoms with Gasteiger partial charge in [-0.15, -0.1) is 0 Å². The van der Waals surface area contributed by atoms with Gasteiger partial charge in [0.05, 0.1) is 14.2 Å². The van der Waals surface area contributed by atoms with Crippen LogP contribution in [0.2, 0.25) is 0 Å². The first-order valence-corrected chi connectivity index (χ1v) is 6.34. The Hall–Kier alpha value is -2.62. The fourth-order valence-electron chi connectivity index (χ4n) is 1.79. The molecule has 21 heavy (non-hydrogen) atoms. The van der Waals surface area contributed by atoms with E-state index in [1.807, 2.05) is 0 Å². The van der Waals surface area contributed by atoms with Crippen LogP contribution in [0.1, 0.15) is 15.9 Å². The Labute approximate surface area is 122 Å². The largest absolute Gasteiger partial charge is 0.497 e. The van der Waals surface area contributed by atoms with E-state index in [1.54, 1.807) is 43.5 Å². The molecule has 0 saturated carbocycles. The normalized spacial score (nSPS) is 11.1. The summed E-state index contributed by atoms with van der Waals surface area (Å²) in [6, 6.07) is 13.1. The molecule has 0 aliphatic carbocycles. The summed E-state index contributed by atoms with van der Waals surface area (Å²) in [4.78, 5) is 12.0. The standard InChI is InChI=1S/C17H15FO3/c1-20-14-7-3-12(4-8-14)11-16(18)17(19)13-5-9-15(21-2)10-6-13/h3-11H,1-2H3/b16-11-. The van der Waals surface area contributed by atoms with Crippen molar-refractivity contribution in [1.29, 1.82) is 0 Å². The van der Waals surface area contributed by atoms with E-state index < -0.39 is 11.6 Å². The maximum atomic E-state index is 14.0. The maximum absolute atomic E-state index is 14.0. The van der Waals surface area contributed by atoms with Crippen molar-refractivity contribution < 1.29 is 18.7 Å². The van der Waals surface area contributed by atoms with Gasteiger partial charge in [0, 0.05) is 5.56 Å². The minimum absolute atomic E-state index is 0.276. The summed E-state index contributed by atoms with van der Waals surface area (Å²) in [7, 11) is 3.08. The highest BCUT2D eigenvalue weighted by atomic mass is 19.1. The first-order valence-electron chi connectivity index (χ1n) is 6.34. The van der Waals surface area contributed by atoms with Crippen LogP contribution in [0.5, 0.6) is 11.5 Å². The van der Waals surface area contributed by atoms with Crippen molar-refractivity contribution in [3.05, 3.63) is 65.5 Å². The fourth-order valence-corrected chi connectivity index (χ4v) is 1.79. The van der Waals surface area contributed by atoms with Crippen LogP contribution in [0.3, 0.4) is 0 Å². The average molecular weight is 286 g/mol. The van der Waals surface area contributed by atoms with Crippen molar-refractivity contribution >= 4 is 11.9 Å². The number of carbonyl (C=O) groups excluding carboxylic acids is 1. The number of rotatable bonds is 5. The van der Waals surface area contributed by atoms with Gasteiger partial charge in [-0.2, -0.15) is 0 Å². The summed E-state index contributed by atoms with van der Waals surface area (Å²) in [5, 5.41) is 0. The van der Waals surface area contributed by atoms with Crippen molar-refractivity contribution in [3.63, 3.8) is 0 Å². The number of carbonyl (C=O) groups is 1. The van der Waals surface area contributed by atoms with E-state index in [0.717, 1.165) is 0 Å². The third kappa shape index (κ3) is 3.69. The quantitative estimate of drug-likeness (QED) is 0.617. The second-order valence-corrected chi connectivity index (χ2v) is 4.32. The summed E-state index contributed by atoms with van der Waals surface area (Å²) in [5.41, 5.74) is 0.869. The van der Waals surface area contributed by atoms with Crippen molar-refractivity contribution in [2.75, 3.05) is 14.2 Å². The molecule has 2 rings (SSSR count). The average Bonchev–Trinajstić information content (AvgIpc) is 2.55. The number of methoxy groups -OCH3 is 2. The van der Waals surface area contributed by atoms with Crippen LogP contribution in [0.4, 0.5) is 4.39 Å². The summed E-state index contributed by atoms with van der Waals surface area (Å²) >= 11 is 0. The van der Waals surface area contributed by atoms with Gasteiger partial charge in [0.1, 0.15) is 11.5 Å². The van der Waals surface area contributed by atoms with E-state index in [4.69, 9.17) is 9.47 Å². The van der Waals surface area contributed by atoms with E-state index in [9.17, 15) is 9.18 Å². The Morgan fingerprint density at radius 3 is 1.86 bits per heavy atom. The molecule has 0 aliphatic heterocycles. The van der Waals surface area contributed by atoms with Gasteiger partial charge >= 0.3 is 0 Å². The molecule has 4 heteroatoms. The molecule has 0 heterocycles. The highest BCUT2D eigenvalue weighted by molar-refractivity contribution is 6.09. The van der Waals surface area contributed by atoms with Crippen LogP contribution in [0, 0.1) is 0 Å². The maximum Gasteiger partial charge on any atom is 0.221 e. The number of ether oxygens (including phenoxy) is 2. The molecule has 0 aliphatic rings. The van der Waals surface area contributed by atoms with Crippen molar-refractivity contribution in [1.82, 2.24) is 0 Å². The van der Waals surface area contributed by atoms with E-state index in [0.29, 0.717) is 17.1 Å². The molecule has 2 aromatic carbocycles. The molecule has 0 bridgehead atoms. The number of Topliss-reactive ketones (excluding diaryl/α,β-unsaturated/α-hetero) is 1. The highest BCUT2D eigenvalue weighted by Crippen LogP contribution is 2.18. The van der Waals surface area contributed by atoms with Gasteiger partial charge in [-0.05, 0) is 48.0 Å². The van der Waals surface area contributed by atoms with Gasteiger partial charge in [-0.1, -0.05) is 12.1 Å². The number of hydrogen-bond donors (Lipinski definition) is 0. The molecule has 0 fully saturated rings. The van der Waals surface area contributed by atoms with Crippen LogP contribution in [0.25, 0.3) is 6.08 Å². The van der Waals surface area contributed by atoms with Gasteiger partial charge in [0.2, 0.25) is 5.78 Å². The lowest BCUT2D eigenvalue weighted by atomic mass is 10.1. The number of halogens is 1. The van der Waals surface area contributed by atoms with Gasteiger partial charge in [0.25, 0.3) is 0 Å². The Morgan fingerprint density at radius 1 is 0.905 bits per heavy atom. The SMILES string of the molecule is COc1ccc(/C=C(\F)C(=O)c2ccc(OC)cc2)cc1. The predicted octanol–water partition coefficient (Wildman–Crippen LogP) is 3.90. The lowest BCUT2D eigenvalue weighted by Crippen LogP contribution is -1.99. The summed E-state index contributed by atoms with van der Waals surface area (Å²) in [6.07, 6.45) is 1.20. The zero-order valence-electron chi connectivity index (χ0n) is 11.8. The molecule has 2 aromatic rings. The van der Waals surface area contributed by atoms with E-state index >= 15 is 0 Å². The molecule has 0 amide bonds. The van der Waals surface area contributed by atoms with Crippen LogP contribution in [-0.4, -0.2) is 20.0 Å². The van der Waals surface area contributed by atoms with Crippen molar-refractivity contribution in [2.45, 2.75) is 0 Å². The molecule has 0 saturated heterocycles. The minimum Gasteiger partial charge on any atom is -0.497 e. The van der Waals surface area contributed by atoms with E-state index in [2.05, 4.69) is 0 Å². The van der Waals surface area contributed by atoms with Crippen LogP contribution in [-0.2, 0) is 0 Å². The molecule has 0 N–H and O–H groups in total. The molecule has 108 valence electrons. The second kappa shape index (κ2) is 6.70. The Bertz CT molecular complexity index is 643. The number of hydrogen-bond acceptors (Lipinski definition) is 3. The molecular formula is C17H15FO3. The number of ketones is 1. The van der Waals surface area contributed by atoms with Crippen molar-refractivity contribution in [3.8, 4) is 11.5 Å². The first-order chi connectivity index (χ1) is 10.1. The first kappa shape index (κ1) is 14.8. The molecular weight excluding hydrogens is 271 g/mol. The summed E-state index contributed by atoms with van der Waals surface area (Å²) in [6.45, 7) is 0. The molecule has 0 radical (unpaired) electrons. The fraction of sp³-hybridized carbons (Fsp3) is 0.118. The molecule has 0 atom stereocenters. The van der Waals surface area contributed by atoms with Gasteiger partial charge < -0.3 is 9.47 Å². The monoisotopic (exact) mass is 286 g/mol. The topological polar surface area (TPSA) is 35.5 Å². The van der Waals surface area contributed by atoms with Crippen LogP contribution < -0.4 is 9.47 Å². The predicted molar refractivity (Wildman–Crippen MR) is 79.4 cm³/mol. The Morgan fingerprint density at radius 2 is 1.38 bits per heavy atom.